The molecule has 0 unspecified atom stereocenters. The number of hydrogen-bond acceptors (Lipinski definition) is 3. The number of aromatic nitrogens is 3. The molecular formula is C20H24N4O. The van der Waals surface area contributed by atoms with Crippen LogP contribution < -0.4 is 5.32 Å². The number of rotatable bonds is 5. The summed E-state index contributed by atoms with van der Waals surface area (Å²) >= 11 is 0. The average molecular weight is 336 g/mol. The lowest BCUT2D eigenvalue weighted by Crippen LogP contribution is -2.35. The zero-order valence-electron chi connectivity index (χ0n) is 15.2. The Morgan fingerprint density at radius 1 is 1.24 bits per heavy atom. The zero-order valence-corrected chi connectivity index (χ0v) is 15.2. The number of carbonyl (C=O) groups is 1. The first kappa shape index (κ1) is 17.1. The number of nitrogens with zero attached hydrogens (tertiary/aromatic N) is 2. The van der Waals surface area contributed by atoms with Crippen LogP contribution in [0.1, 0.15) is 35.0 Å². The average Bonchev–Trinajstić information content (AvgIpc) is 2.85. The molecule has 1 aromatic carbocycles. The van der Waals surface area contributed by atoms with Gasteiger partial charge in [-0.3, -0.25) is 14.8 Å². The fraction of sp³-hybridized carbons (Fsp3) is 0.350. The minimum atomic E-state index is 0.0122. The normalized spacial score (nSPS) is 12.3. The molecule has 0 fully saturated rings. The van der Waals surface area contributed by atoms with Gasteiger partial charge in [0, 0.05) is 47.7 Å². The molecule has 0 spiro atoms. The van der Waals surface area contributed by atoms with Gasteiger partial charge < -0.3 is 10.3 Å². The molecule has 0 saturated heterocycles. The maximum absolute atomic E-state index is 12.5. The van der Waals surface area contributed by atoms with E-state index in [1.165, 1.54) is 11.1 Å². The Kier molecular flexibility index (Phi) is 4.83. The van der Waals surface area contributed by atoms with Gasteiger partial charge in [0.05, 0.1) is 12.1 Å². The minimum absolute atomic E-state index is 0.0122. The molecule has 5 nitrogen and oxygen atoms in total. The third-order valence-electron chi connectivity index (χ3n) is 4.45. The van der Waals surface area contributed by atoms with E-state index in [-0.39, 0.29) is 11.9 Å². The van der Waals surface area contributed by atoms with Gasteiger partial charge in [-0.2, -0.15) is 0 Å². The Labute approximate surface area is 147 Å². The molecule has 5 heteroatoms. The Balaban J connectivity index is 1.73. The molecule has 0 radical (unpaired) electrons. The lowest BCUT2D eigenvalue weighted by molar-refractivity contribution is -0.121. The summed E-state index contributed by atoms with van der Waals surface area (Å²) in [6.45, 7) is 8.20. The fourth-order valence-electron chi connectivity index (χ4n) is 3.35. The van der Waals surface area contributed by atoms with E-state index in [4.69, 9.17) is 0 Å². The number of aryl methyl sites for hydroxylation is 3. The highest BCUT2D eigenvalue weighted by atomic mass is 16.1. The maximum Gasteiger partial charge on any atom is 0.224 e. The summed E-state index contributed by atoms with van der Waals surface area (Å²) < 4.78 is 0. The van der Waals surface area contributed by atoms with Crippen LogP contribution >= 0.6 is 0 Å². The standard InChI is InChI=1S/C20H24N4O/c1-12-7-13(2)20-18(8-12)17(15(4)24-20)10-19(25)23-14(3)9-16-11-21-5-6-22-16/h5-8,11,14,24H,9-10H2,1-4H3,(H,23,25)/t14-/m1/s1. The third-order valence-corrected chi connectivity index (χ3v) is 4.45. The van der Waals surface area contributed by atoms with Crippen LogP contribution in [0, 0.1) is 20.8 Å². The van der Waals surface area contributed by atoms with Crippen molar-refractivity contribution < 1.29 is 4.79 Å². The van der Waals surface area contributed by atoms with Gasteiger partial charge in [-0.15, -0.1) is 0 Å². The second kappa shape index (κ2) is 7.05. The van der Waals surface area contributed by atoms with Crippen molar-refractivity contribution in [1.29, 1.82) is 0 Å². The lowest BCUT2D eigenvalue weighted by atomic mass is 10.0. The maximum atomic E-state index is 12.5. The first-order chi connectivity index (χ1) is 11.9. The van der Waals surface area contributed by atoms with Crippen LogP contribution in [-0.2, 0) is 17.6 Å². The van der Waals surface area contributed by atoms with Gasteiger partial charge >= 0.3 is 0 Å². The van der Waals surface area contributed by atoms with Gasteiger partial charge in [-0.1, -0.05) is 11.6 Å². The number of carbonyl (C=O) groups excluding carboxylic acids is 1. The molecule has 0 bridgehead atoms. The van der Waals surface area contributed by atoms with Crippen molar-refractivity contribution in [3.05, 3.63) is 58.8 Å². The van der Waals surface area contributed by atoms with E-state index in [9.17, 15) is 4.79 Å². The second-order valence-corrected chi connectivity index (χ2v) is 6.78. The van der Waals surface area contributed by atoms with Gasteiger partial charge in [-0.25, -0.2) is 0 Å². The molecule has 25 heavy (non-hydrogen) atoms. The van der Waals surface area contributed by atoms with Gasteiger partial charge in [0.2, 0.25) is 5.91 Å². The molecule has 0 aliphatic heterocycles. The van der Waals surface area contributed by atoms with Crippen LogP contribution in [0.3, 0.4) is 0 Å². The van der Waals surface area contributed by atoms with Gasteiger partial charge in [-0.05, 0) is 44.9 Å². The zero-order chi connectivity index (χ0) is 18.0. The molecule has 2 N–H and O–H groups in total. The predicted molar refractivity (Wildman–Crippen MR) is 99.6 cm³/mol. The molecule has 130 valence electrons. The summed E-state index contributed by atoms with van der Waals surface area (Å²) in [6, 6.07) is 4.32. The van der Waals surface area contributed by atoms with E-state index in [0.717, 1.165) is 27.9 Å². The van der Waals surface area contributed by atoms with Crippen LogP contribution in [0.15, 0.2) is 30.7 Å². The van der Waals surface area contributed by atoms with Gasteiger partial charge in [0.1, 0.15) is 0 Å². The minimum Gasteiger partial charge on any atom is -0.358 e. The van der Waals surface area contributed by atoms with Crippen LogP contribution in [0.4, 0.5) is 0 Å². The van der Waals surface area contributed by atoms with Crippen LogP contribution in [0.5, 0.6) is 0 Å². The molecular weight excluding hydrogens is 312 g/mol. The molecule has 0 aliphatic carbocycles. The lowest BCUT2D eigenvalue weighted by Gasteiger charge is -2.13. The molecule has 2 heterocycles. The Morgan fingerprint density at radius 3 is 2.76 bits per heavy atom. The Hall–Kier alpha value is -2.69. The Morgan fingerprint density at radius 2 is 2.04 bits per heavy atom. The number of aromatic amines is 1. The van der Waals surface area contributed by atoms with E-state index in [2.05, 4.69) is 46.2 Å². The van der Waals surface area contributed by atoms with Crippen molar-refractivity contribution in [2.45, 2.75) is 46.6 Å². The summed E-state index contributed by atoms with van der Waals surface area (Å²) in [5, 5.41) is 4.21. The van der Waals surface area contributed by atoms with E-state index < -0.39 is 0 Å². The number of benzene rings is 1. The fourth-order valence-corrected chi connectivity index (χ4v) is 3.35. The molecule has 1 amide bonds. The number of nitrogens with one attached hydrogen (secondary N) is 2. The van der Waals surface area contributed by atoms with E-state index in [1.54, 1.807) is 18.6 Å². The summed E-state index contributed by atoms with van der Waals surface area (Å²) in [4.78, 5) is 24.3. The quantitative estimate of drug-likeness (QED) is 0.752. The van der Waals surface area contributed by atoms with Crippen LogP contribution in [0.25, 0.3) is 10.9 Å². The molecule has 0 saturated carbocycles. The second-order valence-electron chi connectivity index (χ2n) is 6.78. The largest absolute Gasteiger partial charge is 0.358 e. The molecule has 0 aliphatic rings. The Bertz CT molecular complexity index is 899. The summed E-state index contributed by atoms with van der Waals surface area (Å²) in [7, 11) is 0. The van der Waals surface area contributed by atoms with E-state index >= 15 is 0 Å². The van der Waals surface area contributed by atoms with Gasteiger partial charge in [0.25, 0.3) is 0 Å². The molecule has 3 aromatic rings. The smallest absolute Gasteiger partial charge is 0.224 e. The SMILES string of the molecule is Cc1cc(C)c2[nH]c(C)c(CC(=O)N[C@H](C)Cc3cnccn3)c2c1. The summed E-state index contributed by atoms with van der Waals surface area (Å²) in [5.41, 5.74) is 6.55. The topological polar surface area (TPSA) is 70.7 Å². The van der Waals surface area contributed by atoms with E-state index in [1.807, 2.05) is 13.8 Å². The van der Waals surface area contributed by atoms with Crippen LogP contribution in [0.2, 0.25) is 0 Å². The summed E-state index contributed by atoms with van der Waals surface area (Å²) in [6.07, 6.45) is 6.10. The van der Waals surface area contributed by atoms with Crippen molar-refractivity contribution in [1.82, 2.24) is 20.3 Å². The number of amides is 1. The van der Waals surface area contributed by atoms with Crippen molar-refractivity contribution >= 4 is 16.8 Å². The highest BCUT2D eigenvalue weighted by Crippen LogP contribution is 2.26. The molecule has 2 aromatic heterocycles. The molecule has 3 rings (SSSR count). The van der Waals surface area contributed by atoms with Crippen molar-refractivity contribution in [2.75, 3.05) is 0 Å². The monoisotopic (exact) mass is 336 g/mol. The first-order valence-electron chi connectivity index (χ1n) is 8.56. The highest BCUT2D eigenvalue weighted by Gasteiger charge is 2.16. The van der Waals surface area contributed by atoms with E-state index in [0.29, 0.717) is 12.8 Å². The van der Waals surface area contributed by atoms with Crippen molar-refractivity contribution in [3.8, 4) is 0 Å². The van der Waals surface area contributed by atoms with Crippen molar-refractivity contribution in [3.63, 3.8) is 0 Å². The number of hydrogen-bond donors (Lipinski definition) is 2. The third kappa shape index (κ3) is 3.87. The van der Waals surface area contributed by atoms with Crippen LogP contribution in [-0.4, -0.2) is 26.9 Å². The first-order valence-corrected chi connectivity index (χ1v) is 8.56. The summed E-state index contributed by atoms with van der Waals surface area (Å²) in [5.74, 6) is 0.0274. The highest BCUT2D eigenvalue weighted by molar-refractivity contribution is 5.92. The number of H-pyrrole nitrogens is 1. The number of fused-ring (bicyclic) bond motifs is 1. The molecule has 1 atom stereocenters. The van der Waals surface area contributed by atoms with Crippen molar-refractivity contribution in [2.24, 2.45) is 0 Å². The van der Waals surface area contributed by atoms with Gasteiger partial charge in [0.15, 0.2) is 0 Å². The predicted octanol–water partition coefficient (Wildman–Crippen LogP) is 3.17.